The van der Waals surface area contributed by atoms with Gasteiger partial charge in [0.25, 0.3) is 5.91 Å². The van der Waals surface area contributed by atoms with E-state index >= 15 is 0 Å². The molecule has 0 aromatic carbocycles. The van der Waals surface area contributed by atoms with E-state index in [0.717, 1.165) is 43.2 Å². The van der Waals surface area contributed by atoms with E-state index in [-0.39, 0.29) is 5.91 Å². The average Bonchev–Trinajstić information content (AvgIpc) is 2.76. The third-order valence-corrected chi connectivity index (χ3v) is 5.14. The van der Waals surface area contributed by atoms with Crippen LogP contribution in [0.3, 0.4) is 0 Å². The van der Waals surface area contributed by atoms with Gasteiger partial charge in [-0.25, -0.2) is 0 Å². The van der Waals surface area contributed by atoms with Crippen molar-refractivity contribution in [1.82, 2.24) is 14.7 Å². The van der Waals surface area contributed by atoms with E-state index in [1.165, 1.54) is 0 Å². The summed E-state index contributed by atoms with van der Waals surface area (Å²) in [5.74, 6) is 1.12. The maximum atomic E-state index is 12.7. The van der Waals surface area contributed by atoms with Crippen molar-refractivity contribution >= 4 is 17.7 Å². The molecular formula is C13H19N3O2S. The molecule has 3 rings (SSSR count). The largest absolute Gasteiger partial charge is 0.380 e. The molecule has 2 saturated heterocycles. The molecule has 0 radical (unpaired) electrons. The van der Waals surface area contributed by atoms with Gasteiger partial charge >= 0.3 is 0 Å². The minimum Gasteiger partial charge on any atom is -0.380 e. The summed E-state index contributed by atoms with van der Waals surface area (Å²) in [6.45, 7) is 4.26. The highest BCUT2D eigenvalue weighted by atomic mass is 32.2. The van der Waals surface area contributed by atoms with Crippen LogP contribution in [-0.2, 0) is 11.8 Å². The molecule has 2 aliphatic heterocycles. The van der Waals surface area contributed by atoms with Gasteiger partial charge in [-0.3, -0.25) is 9.48 Å². The van der Waals surface area contributed by atoms with Gasteiger partial charge in [-0.15, -0.1) is 0 Å². The lowest BCUT2D eigenvalue weighted by molar-refractivity contribution is 0.0318. The van der Waals surface area contributed by atoms with Crippen LogP contribution >= 0.6 is 11.8 Å². The molecule has 0 spiro atoms. The highest BCUT2D eigenvalue weighted by Gasteiger charge is 2.37. The highest BCUT2D eigenvalue weighted by Crippen LogP contribution is 2.31. The molecule has 1 aromatic heterocycles. The second kappa shape index (κ2) is 5.17. The summed E-state index contributed by atoms with van der Waals surface area (Å²) < 4.78 is 7.24. The Labute approximate surface area is 117 Å². The van der Waals surface area contributed by atoms with Gasteiger partial charge in [0.15, 0.2) is 0 Å². The maximum absolute atomic E-state index is 12.7. The van der Waals surface area contributed by atoms with Gasteiger partial charge in [0, 0.05) is 43.4 Å². The number of hydrogen-bond donors (Lipinski definition) is 0. The fourth-order valence-corrected chi connectivity index (χ4v) is 4.20. The molecule has 3 heterocycles. The maximum Gasteiger partial charge on any atom is 0.257 e. The van der Waals surface area contributed by atoms with Crippen LogP contribution in [-0.4, -0.2) is 57.4 Å². The molecule has 2 atom stereocenters. The Bertz CT molecular complexity index is 486. The predicted molar refractivity (Wildman–Crippen MR) is 74.5 cm³/mol. The minimum atomic E-state index is 0.128. The summed E-state index contributed by atoms with van der Waals surface area (Å²) in [6, 6.07) is 0.319. The molecule has 5 nitrogen and oxygen atoms in total. The van der Waals surface area contributed by atoms with Crippen molar-refractivity contribution in [3.63, 3.8) is 0 Å². The summed E-state index contributed by atoms with van der Waals surface area (Å²) in [5.41, 5.74) is 1.55. The van der Waals surface area contributed by atoms with Crippen molar-refractivity contribution in [2.75, 3.05) is 25.5 Å². The van der Waals surface area contributed by atoms with E-state index in [1.54, 1.807) is 4.68 Å². The first-order valence-corrected chi connectivity index (χ1v) is 7.72. The lowest BCUT2D eigenvalue weighted by Crippen LogP contribution is -2.54. The van der Waals surface area contributed by atoms with E-state index in [0.29, 0.717) is 11.3 Å². The van der Waals surface area contributed by atoms with Gasteiger partial charge in [-0.1, -0.05) is 0 Å². The summed E-state index contributed by atoms with van der Waals surface area (Å²) >= 11 is 1.93. The van der Waals surface area contributed by atoms with Crippen molar-refractivity contribution in [2.45, 2.75) is 24.6 Å². The summed E-state index contributed by atoms with van der Waals surface area (Å²) in [7, 11) is 1.85. The fraction of sp³-hybridized carbons (Fsp3) is 0.692. The van der Waals surface area contributed by atoms with Crippen LogP contribution < -0.4 is 0 Å². The minimum absolute atomic E-state index is 0.128. The Balaban J connectivity index is 1.83. The molecule has 0 saturated carbocycles. The Morgan fingerprint density at radius 1 is 1.58 bits per heavy atom. The Morgan fingerprint density at radius 3 is 3.16 bits per heavy atom. The zero-order valence-corrected chi connectivity index (χ0v) is 12.2. The number of nitrogens with zero attached hydrogens (tertiary/aromatic N) is 3. The third kappa shape index (κ3) is 2.39. The number of ether oxygens (including phenoxy) is 1. The van der Waals surface area contributed by atoms with Crippen molar-refractivity contribution in [2.24, 2.45) is 7.05 Å². The molecule has 1 aromatic rings. The van der Waals surface area contributed by atoms with E-state index in [4.69, 9.17) is 4.74 Å². The van der Waals surface area contributed by atoms with Crippen LogP contribution in [0, 0.1) is 6.92 Å². The van der Waals surface area contributed by atoms with E-state index < -0.39 is 0 Å². The van der Waals surface area contributed by atoms with Crippen LogP contribution in [0.25, 0.3) is 0 Å². The Kier molecular flexibility index (Phi) is 3.54. The van der Waals surface area contributed by atoms with Gasteiger partial charge in [0.05, 0.1) is 17.9 Å². The number of amides is 1. The molecule has 19 heavy (non-hydrogen) atoms. The van der Waals surface area contributed by atoms with E-state index in [2.05, 4.69) is 5.10 Å². The monoisotopic (exact) mass is 281 g/mol. The molecule has 2 fully saturated rings. The number of carbonyl (C=O) groups is 1. The molecule has 2 unspecified atom stereocenters. The quantitative estimate of drug-likeness (QED) is 0.773. The lowest BCUT2D eigenvalue weighted by Gasteiger charge is -2.43. The first kappa shape index (κ1) is 13.0. The van der Waals surface area contributed by atoms with Crippen LogP contribution in [0.4, 0.5) is 0 Å². The van der Waals surface area contributed by atoms with Gasteiger partial charge in [0.2, 0.25) is 0 Å². The molecule has 1 amide bonds. The molecular weight excluding hydrogens is 262 g/mol. The zero-order chi connectivity index (χ0) is 13.4. The number of aryl methyl sites for hydroxylation is 2. The topological polar surface area (TPSA) is 47.4 Å². The number of rotatable bonds is 1. The van der Waals surface area contributed by atoms with Crippen LogP contribution in [0.2, 0.25) is 0 Å². The van der Waals surface area contributed by atoms with Crippen LogP contribution in [0.15, 0.2) is 6.20 Å². The van der Waals surface area contributed by atoms with E-state index in [1.807, 2.05) is 36.8 Å². The molecule has 0 bridgehead atoms. The van der Waals surface area contributed by atoms with Gasteiger partial charge < -0.3 is 9.64 Å². The van der Waals surface area contributed by atoms with Crippen molar-refractivity contribution < 1.29 is 9.53 Å². The molecule has 6 heteroatoms. The normalized spacial score (nSPS) is 27.2. The summed E-state index contributed by atoms with van der Waals surface area (Å²) in [5, 5.41) is 4.70. The molecule has 2 aliphatic rings. The first-order chi connectivity index (χ1) is 9.16. The van der Waals surface area contributed by atoms with Crippen molar-refractivity contribution in [1.29, 1.82) is 0 Å². The summed E-state index contributed by atoms with van der Waals surface area (Å²) in [4.78, 5) is 14.7. The van der Waals surface area contributed by atoms with Crippen molar-refractivity contribution in [3.05, 3.63) is 17.5 Å². The van der Waals surface area contributed by atoms with Crippen molar-refractivity contribution in [3.8, 4) is 0 Å². The van der Waals surface area contributed by atoms with Gasteiger partial charge in [0.1, 0.15) is 0 Å². The lowest BCUT2D eigenvalue weighted by atomic mass is 10.0. The smallest absolute Gasteiger partial charge is 0.257 e. The number of hydrogen-bond acceptors (Lipinski definition) is 4. The number of carbonyl (C=O) groups excluding carboxylic acids is 1. The summed E-state index contributed by atoms with van der Waals surface area (Å²) in [6.07, 6.45) is 2.77. The number of thioether (sulfide) groups is 1. The second-order valence-electron chi connectivity index (χ2n) is 5.14. The molecule has 0 N–H and O–H groups in total. The number of aromatic nitrogens is 2. The van der Waals surface area contributed by atoms with E-state index in [9.17, 15) is 4.79 Å². The van der Waals surface area contributed by atoms with Crippen LogP contribution in [0.5, 0.6) is 0 Å². The van der Waals surface area contributed by atoms with Gasteiger partial charge in [-0.2, -0.15) is 16.9 Å². The van der Waals surface area contributed by atoms with Gasteiger partial charge in [-0.05, 0) is 13.3 Å². The third-order valence-electron chi connectivity index (χ3n) is 3.84. The SMILES string of the molecule is Cc1nn(C)cc1C(=O)N1CCSC2COCCC21. The Morgan fingerprint density at radius 2 is 2.42 bits per heavy atom. The number of fused-ring (bicyclic) bond motifs is 1. The predicted octanol–water partition coefficient (Wildman–Crippen LogP) is 1.08. The first-order valence-electron chi connectivity index (χ1n) is 6.67. The highest BCUT2D eigenvalue weighted by molar-refractivity contribution is 8.00. The second-order valence-corrected chi connectivity index (χ2v) is 6.49. The standard InChI is InChI=1S/C13H19N3O2S/c1-9-10(7-15(2)14-9)13(17)16-4-6-19-12-8-18-5-3-11(12)16/h7,11-12H,3-6,8H2,1-2H3. The molecule has 104 valence electrons. The Hall–Kier alpha value is -1.01. The molecule has 0 aliphatic carbocycles. The fourth-order valence-electron chi connectivity index (χ4n) is 2.90. The zero-order valence-electron chi connectivity index (χ0n) is 11.3. The van der Waals surface area contributed by atoms with Crippen LogP contribution in [0.1, 0.15) is 22.5 Å². The average molecular weight is 281 g/mol.